The van der Waals surface area contributed by atoms with Gasteiger partial charge in [-0.25, -0.2) is 0 Å². The van der Waals surface area contributed by atoms with Gasteiger partial charge < -0.3 is 4.98 Å². The molecule has 0 fully saturated rings. The molecule has 1 aromatic heterocycles. The molecule has 84 valence electrons. The van der Waals surface area contributed by atoms with Gasteiger partial charge in [-0.1, -0.05) is 30.3 Å². The van der Waals surface area contributed by atoms with Gasteiger partial charge in [0.1, 0.15) is 0 Å². The monoisotopic (exact) mass is 239 g/mol. The van der Waals surface area contributed by atoms with Gasteiger partial charge in [-0.15, -0.1) is 11.8 Å². The molecule has 0 saturated heterocycles. The summed E-state index contributed by atoms with van der Waals surface area (Å²) in [6.45, 7) is 0. The SMILES string of the molecule is CSc1ccc2ccccc2c1-c1ccc[nH]1. The predicted molar refractivity (Wildman–Crippen MR) is 75.5 cm³/mol. The molecule has 1 N–H and O–H groups in total. The van der Waals surface area contributed by atoms with Crippen LogP contribution < -0.4 is 0 Å². The quantitative estimate of drug-likeness (QED) is 0.648. The van der Waals surface area contributed by atoms with Gasteiger partial charge in [0, 0.05) is 22.3 Å². The fraction of sp³-hybridized carbons (Fsp3) is 0.0667. The Kier molecular flexibility index (Phi) is 2.65. The maximum Gasteiger partial charge on any atom is 0.0471 e. The molecule has 3 rings (SSSR count). The molecule has 0 radical (unpaired) electrons. The van der Waals surface area contributed by atoms with Crippen LogP contribution in [0, 0.1) is 0 Å². The topological polar surface area (TPSA) is 15.8 Å². The van der Waals surface area contributed by atoms with E-state index in [1.165, 1.54) is 26.9 Å². The van der Waals surface area contributed by atoms with Crippen molar-refractivity contribution < 1.29 is 0 Å². The Bertz CT molecular complexity index is 641. The number of thioether (sulfide) groups is 1. The first-order chi connectivity index (χ1) is 8.40. The number of fused-ring (bicyclic) bond motifs is 1. The highest BCUT2D eigenvalue weighted by molar-refractivity contribution is 7.98. The van der Waals surface area contributed by atoms with Gasteiger partial charge in [-0.05, 0) is 35.2 Å². The summed E-state index contributed by atoms with van der Waals surface area (Å²) in [5, 5.41) is 2.59. The third kappa shape index (κ3) is 1.75. The fourth-order valence-electron chi connectivity index (χ4n) is 2.19. The van der Waals surface area contributed by atoms with Crippen molar-refractivity contribution in [3.8, 4) is 11.3 Å². The highest BCUT2D eigenvalue weighted by atomic mass is 32.2. The molecule has 1 nitrogen and oxygen atoms in total. The molecule has 0 bridgehead atoms. The minimum absolute atomic E-state index is 1.19. The van der Waals surface area contributed by atoms with Crippen LogP contribution >= 0.6 is 11.8 Å². The molecule has 0 aliphatic rings. The summed E-state index contributed by atoms with van der Waals surface area (Å²) in [6, 6.07) is 17.1. The van der Waals surface area contributed by atoms with E-state index in [-0.39, 0.29) is 0 Å². The Balaban J connectivity index is 2.39. The third-order valence-corrected chi connectivity index (χ3v) is 3.76. The van der Waals surface area contributed by atoms with Crippen LogP contribution in [0.5, 0.6) is 0 Å². The maximum absolute atomic E-state index is 3.31. The first-order valence-corrected chi connectivity index (χ1v) is 6.82. The molecule has 0 saturated carbocycles. The number of H-pyrrole nitrogens is 1. The zero-order chi connectivity index (χ0) is 11.7. The first-order valence-electron chi connectivity index (χ1n) is 5.59. The van der Waals surface area contributed by atoms with E-state index in [0.717, 1.165) is 0 Å². The van der Waals surface area contributed by atoms with Crippen molar-refractivity contribution in [2.24, 2.45) is 0 Å². The summed E-state index contributed by atoms with van der Waals surface area (Å²) in [5.41, 5.74) is 2.49. The standard InChI is InChI=1S/C15H13NS/c1-17-14-9-8-11-5-2-3-6-12(11)15(14)13-7-4-10-16-13/h2-10,16H,1H3. The van der Waals surface area contributed by atoms with Crippen LogP contribution in [0.25, 0.3) is 22.0 Å². The van der Waals surface area contributed by atoms with E-state index in [1.807, 2.05) is 12.3 Å². The summed E-state index contributed by atoms with van der Waals surface area (Å²) in [6.07, 6.45) is 4.10. The highest BCUT2D eigenvalue weighted by Gasteiger charge is 2.09. The number of benzene rings is 2. The summed E-state index contributed by atoms with van der Waals surface area (Å²) < 4.78 is 0. The van der Waals surface area contributed by atoms with Crippen LogP contribution in [0.15, 0.2) is 59.6 Å². The zero-order valence-electron chi connectivity index (χ0n) is 9.60. The molecule has 17 heavy (non-hydrogen) atoms. The minimum atomic E-state index is 1.19. The van der Waals surface area contributed by atoms with Gasteiger partial charge in [0.25, 0.3) is 0 Å². The second-order valence-corrected chi connectivity index (χ2v) is 4.80. The van der Waals surface area contributed by atoms with Crippen LogP contribution in [0.1, 0.15) is 0 Å². The second kappa shape index (κ2) is 4.30. The van der Waals surface area contributed by atoms with Crippen molar-refractivity contribution in [3.63, 3.8) is 0 Å². The normalized spacial score (nSPS) is 10.9. The number of hydrogen-bond acceptors (Lipinski definition) is 1. The van der Waals surface area contributed by atoms with E-state index < -0.39 is 0 Å². The van der Waals surface area contributed by atoms with Crippen molar-refractivity contribution in [1.29, 1.82) is 0 Å². The lowest BCUT2D eigenvalue weighted by Gasteiger charge is -2.10. The van der Waals surface area contributed by atoms with Crippen molar-refractivity contribution in [3.05, 3.63) is 54.7 Å². The summed E-state index contributed by atoms with van der Waals surface area (Å²) in [4.78, 5) is 4.62. The number of nitrogens with one attached hydrogen (secondary N) is 1. The highest BCUT2D eigenvalue weighted by Crippen LogP contribution is 2.35. The molecule has 0 spiro atoms. The average Bonchev–Trinajstić information content (AvgIpc) is 2.91. The Morgan fingerprint density at radius 1 is 0.941 bits per heavy atom. The average molecular weight is 239 g/mol. The lowest BCUT2D eigenvalue weighted by atomic mass is 10.0. The molecule has 0 amide bonds. The maximum atomic E-state index is 3.31. The number of aromatic amines is 1. The van der Waals surface area contributed by atoms with Gasteiger partial charge in [-0.2, -0.15) is 0 Å². The van der Waals surface area contributed by atoms with Crippen LogP contribution in [-0.2, 0) is 0 Å². The lowest BCUT2D eigenvalue weighted by molar-refractivity contribution is 1.37. The van der Waals surface area contributed by atoms with Crippen LogP contribution in [-0.4, -0.2) is 11.2 Å². The molecular formula is C15H13NS. The fourth-order valence-corrected chi connectivity index (χ4v) is 2.81. The van der Waals surface area contributed by atoms with E-state index in [4.69, 9.17) is 0 Å². The molecule has 3 aromatic rings. The minimum Gasteiger partial charge on any atom is -0.361 e. The van der Waals surface area contributed by atoms with Gasteiger partial charge in [0.15, 0.2) is 0 Å². The van der Waals surface area contributed by atoms with Gasteiger partial charge in [0.05, 0.1) is 0 Å². The third-order valence-electron chi connectivity index (χ3n) is 2.98. The van der Waals surface area contributed by atoms with E-state index in [9.17, 15) is 0 Å². The zero-order valence-corrected chi connectivity index (χ0v) is 10.4. The molecule has 0 aliphatic heterocycles. The Labute approximate surface area is 105 Å². The number of rotatable bonds is 2. The molecule has 2 aromatic carbocycles. The smallest absolute Gasteiger partial charge is 0.0471 e. The Morgan fingerprint density at radius 3 is 2.59 bits per heavy atom. The van der Waals surface area contributed by atoms with Crippen LogP contribution in [0.3, 0.4) is 0 Å². The summed E-state index contributed by atoms with van der Waals surface area (Å²) >= 11 is 1.79. The lowest BCUT2D eigenvalue weighted by Crippen LogP contribution is -1.85. The van der Waals surface area contributed by atoms with E-state index in [1.54, 1.807) is 11.8 Å². The summed E-state index contributed by atoms with van der Waals surface area (Å²) in [5.74, 6) is 0. The van der Waals surface area contributed by atoms with Crippen LogP contribution in [0.2, 0.25) is 0 Å². The Hall–Kier alpha value is -1.67. The summed E-state index contributed by atoms with van der Waals surface area (Å²) in [7, 11) is 0. The second-order valence-electron chi connectivity index (χ2n) is 3.95. The van der Waals surface area contributed by atoms with E-state index in [0.29, 0.717) is 0 Å². The van der Waals surface area contributed by atoms with E-state index in [2.05, 4.69) is 53.7 Å². The molecule has 2 heteroatoms. The van der Waals surface area contributed by atoms with Crippen molar-refractivity contribution in [1.82, 2.24) is 4.98 Å². The predicted octanol–water partition coefficient (Wildman–Crippen LogP) is 4.56. The van der Waals surface area contributed by atoms with E-state index >= 15 is 0 Å². The largest absolute Gasteiger partial charge is 0.361 e. The van der Waals surface area contributed by atoms with Crippen LogP contribution in [0.4, 0.5) is 0 Å². The van der Waals surface area contributed by atoms with Gasteiger partial charge in [0.2, 0.25) is 0 Å². The van der Waals surface area contributed by atoms with Crippen molar-refractivity contribution in [2.45, 2.75) is 4.90 Å². The molecule has 0 aliphatic carbocycles. The molecule has 0 unspecified atom stereocenters. The number of aromatic nitrogens is 1. The van der Waals surface area contributed by atoms with Crippen molar-refractivity contribution >= 4 is 22.5 Å². The first kappa shape index (κ1) is 10.5. The number of hydrogen-bond donors (Lipinski definition) is 1. The van der Waals surface area contributed by atoms with Crippen molar-refractivity contribution in [2.75, 3.05) is 6.26 Å². The van der Waals surface area contributed by atoms with Gasteiger partial charge in [-0.3, -0.25) is 0 Å². The molecule has 0 atom stereocenters. The molecule has 1 heterocycles. The Morgan fingerprint density at radius 2 is 1.82 bits per heavy atom. The molecular weight excluding hydrogens is 226 g/mol. The van der Waals surface area contributed by atoms with Gasteiger partial charge >= 0.3 is 0 Å².